The van der Waals surface area contributed by atoms with Crippen molar-refractivity contribution in [2.24, 2.45) is 0 Å². The molecule has 0 unspecified atom stereocenters. The molecule has 3 nitrogen and oxygen atoms in total. The van der Waals surface area contributed by atoms with Crippen LogP contribution in [0.1, 0.15) is 26.3 Å². The third kappa shape index (κ3) is 5.81. The highest BCUT2D eigenvalue weighted by atomic mass is 35.5. The van der Waals surface area contributed by atoms with E-state index in [-0.39, 0.29) is 5.54 Å². The Labute approximate surface area is 131 Å². The highest BCUT2D eigenvalue weighted by Crippen LogP contribution is 2.35. The lowest BCUT2D eigenvalue weighted by molar-refractivity contribution is 0.307. The standard InChI is InChI=1S/C15H24ClNO2S/c1-15(2,3)17-10-11-8-12(16)9-13(18-4)14(11)19-6-7-20-5/h8-9,17H,6-7,10H2,1-5H3. The molecule has 0 bridgehead atoms. The zero-order chi connectivity index (χ0) is 15.2. The van der Waals surface area contributed by atoms with Crippen LogP contribution >= 0.6 is 23.4 Å². The smallest absolute Gasteiger partial charge is 0.165 e. The van der Waals surface area contributed by atoms with Gasteiger partial charge in [-0.25, -0.2) is 0 Å². The summed E-state index contributed by atoms with van der Waals surface area (Å²) in [4.78, 5) is 0. The predicted molar refractivity (Wildman–Crippen MR) is 88.5 cm³/mol. The van der Waals surface area contributed by atoms with Crippen LogP contribution in [-0.2, 0) is 6.54 Å². The van der Waals surface area contributed by atoms with E-state index in [1.54, 1.807) is 24.9 Å². The second-order valence-electron chi connectivity index (χ2n) is 5.54. The Morgan fingerprint density at radius 1 is 1.30 bits per heavy atom. The number of thioether (sulfide) groups is 1. The monoisotopic (exact) mass is 317 g/mol. The van der Waals surface area contributed by atoms with Crippen LogP contribution in [0.4, 0.5) is 0 Å². The number of nitrogens with one attached hydrogen (secondary N) is 1. The van der Waals surface area contributed by atoms with Gasteiger partial charge in [-0.05, 0) is 33.1 Å². The summed E-state index contributed by atoms with van der Waals surface area (Å²) >= 11 is 7.90. The van der Waals surface area contributed by atoms with E-state index in [2.05, 4.69) is 32.3 Å². The number of benzene rings is 1. The van der Waals surface area contributed by atoms with Crippen LogP contribution in [0.2, 0.25) is 5.02 Å². The van der Waals surface area contributed by atoms with Crippen LogP contribution in [-0.4, -0.2) is 31.3 Å². The van der Waals surface area contributed by atoms with Crippen LogP contribution in [0.3, 0.4) is 0 Å². The van der Waals surface area contributed by atoms with Gasteiger partial charge in [0.2, 0.25) is 0 Å². The molecule has 114 valence electrons. The first-order valence-electron chi connectivity index (χ1n) is 6.60. The molecule has 0 heterocycles. The Morgan fingerprint density at radius 3 is 2.55 bits per heavy atom. The molecular weight excluding hydrogens is 294 g/mol. The molecule has 0 amide bonds. The number of rotatable bonds is 7. The first kappa shape index (κ1) is 17.5. The quantitative estimate of drug-likeness (QED) is 0.771. The van der Waals surface area contributed by atoms with Crippen LogP contribution in [0.15, 0.2) is 12.1 Å². The molecule has 1 aromatic carbocycles. The average molecular weight is 318 g/mol. The fourth-order valence-corrected chi connectivity index (χ4v) is 2.14. The Kier molecular flexibility index (Phi) is 7.00. The summed E-state index contributed by atoms with van der Waals surface area (Å²) in [6.07, 6.45) is 2.06. The van der Waals surface area contributed by atoms with E-state index < -0.39 is 0 Å². The van der Waals surface area contributed by atoms with Crippen molar-refractivity contribution in [3.8, 4) is 11.5 Å². The summed E-state index contributed by atoms with van der Waals surface area (Å²) in [6, 6.07) is 3.72. The third-order valence-corrected chi connectivity index (χ3v) is 3.45. The second kappa shape index (κ2) is 8.01. The van der Waals surface area contributed by atoms with Crippen molar-refractivity contribution in [1.82, 2.24) is 5.32 Å². The van der Waals surface area contributed by atoms with Gasteiger partial charge in [0.15, 0.2) is 11.5 Å². The number of ether oxygens (including phenoxy) is 2. The summed E-state index contributed by atoms with van der Waals surface area (Å²) in [5, 5.41) is 4.11. The van der Waals surface area contributed by atoms with E-state index in [0.717, 1.165) is 17.1 Å². The molecule has 0 fully saturated rings. The SMILES string of the molecule is COc1cc(Cl)cc(CNC(C)(C)C)c1OCCSC. The van der Waals surface area contributed by atoms with Gasteiger partial charge in [-0.3, -0.25) is 0 Å². The lowest BCUT2D eigenvalue weighted by Gasteiger charge is -2.22. The van der Waals surface area contributed by atoms with E-state index in [1.807, 2.05) is 6.07 Å². The van der Waals surface area contributed by atoms with Gasteiger partial charge in [0.1, 0.15) is 0 Å². The summed E-state index contributed by atoms with van der Waals surface area (Å²) in [7, 11) is 1.63. The Balaban J connectivity index is 2.95. The van der Waals surface area contributed by atoms with Crippen molar-refractivity contribution >= 4 is 23.4 Å². The normalized spacial score (nSPS) is 11.5. The predicted octanol–water partition coefficient (Wildman–Crippen LogP) is 3.98. The molecule has 0 saturated carbocycles. The molecule has 0 saturated heterocycles. The maximum Gasteiger partial charge on any atom is 0.165 e. The summed E-state index contributed by atoms with van der Waals surface area (Å²) < 4.78 is 11.3. The lowest BCUT2D eigenvalue weighted by Crippen LogP contribution is -2.35. The summed E-state index contributed by atoms with van der Waals surface area (Å²) in [5.41, 5.74) is 1.05. The molecule has 5 heteroatoms. The zero-order valence-electron chi connectivity index (χ0n) is 12.9. The van der Waals surface area contributed by atoms with Gasteiger partial charge in [-0.2, -0.15) is 11.8 Å². The Hall–Kier alpha value is -0.580. The molecule has 20 heavy (non-hydrogen) atoms. The van der Waals surface area contributed by atoms with Crippen molar-refractivity contribution in [1.29, 1.82) is 0 Å². The number of hydrogen-bond acceptors (Lipinski definition) is 4. The van der Waals surface area contributed by atoms with Crippen LogP contribution in [0, 0.1) is 0 Å². The Bertz CT molecular complexity index is 433. The molecule has 0 spiro atoms. The summed E-state index contributed by atoms with van der Waals surface area (Å²) in [6.45, 7) is 7.73. The maximum absolute atomic E-state index is 6.14. The molecule has 1 rings (SSSR count). The van der Waals surface area contributed by atoms with Crippen molar-refractivity contribution in [2.75, 3.05) is 25.7 Å². The van der Waals surface area contributed by atoms with Crippen molar-refractivity contribution in [3.63, 3.8) is 0 Å². The molecule has 0 radical (unpaired) electrons. The van der Waals surface area contributed by atoms with Crippen LogP contribution in [0.25, 0.3) is 0 Å². The molecule has 0 aliphatic rings. The van der Waals surface area contributed by atoms with E-state index >= 15 is 0 Å². The zero-order valence-corrected chi connectivity index (χ0v) is 14.5. The van der Waals surface area contributed by atoms with Crippen LogP contribution < -0.4 is 14.8 Å². The van der Waals surface area contributed by atoms with Gasteiger partial charge in [-0.15, -0.1) is 0 Å². The van der Waals surface area contributed by atoms with E-state index in [9.17, 15) is 0 Å². The van der Waals surface area contributed by atoms with E-state index in [0.29, 0.717) is 23.9 Å². The fraction of sp³-hybridized carbons (Fsp3) is 0.600. The fourth-order valence-electron chi connectivity index (χ4n) is 1.66. The van der Waals surface area contributed by atoms with Crippen molar-refractivity contribution in [2.45, 2.75) is 32.9 Å². The molecular formula is C15H24ClNO2S. The number of methoxy groups -OCH3 is 1. The first-order valence-corrected chi connectivity index (χ1v) is 8.37. The first-order chi connectivity index (χ1) is 9.37. The van der Waals surface area contributed by atoms with Crippen molar-refractivity contribution < 1.29 is 9.47 Å². The molecule has 0 aromatic heterocycles. The average Bonchev–Trinajstić information content (AvgIpc) is 2.37. The van der Waals surface area contributed by atoms with Gasteiger partial charge in [0, 0.05) is 34.5 Å². The van der Waals surface area contributed by atoms with E-state index in [4.69, 9.17) is 21.1 Å². The minimum Gasteiger partial charge on any atom is -0.493 e. The minimum atomic E-state index is 0.0338. The van der Waals surface area contributed by atoms with Gasteiger partial charge >= 0.3 is 0 Å². The maximum atomic E-state index is 6.14. The minimum absolute atomic E-state index is 0.0338. The highest BCUT2D eigenvalue weighted by molar-refractivity contribution is 7.98. The van der Waals surface area contributed by atoms with Crippen molar-refractivity contribution in [3.05, 3.63) is 22.7 Å². The van der Waals surface area contributed by atoms with Crippen LogP contribution in [0.5, 0.6) is 11.5 Å². The van der Waals surface area contributed by atoms with Gasteiger partial charge < -0.3 is 14.8 Å². The van der Waals surface area contributed by atoms with E-state index in [1.165, 1.54) is 0 Å². The lowest BCUT2D eigenvalue weighted by atomic mass is 10.1. The second-order valence-corrected chi connectivity index (χ2v) is 6.96. The van der Waals surface area contributed by atoms with Gasteiger partial charge in [0.25, 0.3) is 0 Å². The molecule has 0 aliphatic carbocycles. The number of hydrogen-bond donors (Lipinski definition) is 1. The topological polar surface area (TPSA) is 30.5 Å². The molecule has 0 atom stereocenters. The number of halogens is 1. The molecule has 0 aliphatic heterocycles. The van der Waals surface area contributed by atoms with Gasteiger partial charge in [0.05, 0.1) is 13.7 Å². The third-order valence-electron chi connectivity index (χ3n) is 2.66. The highest BCUT2D eigenvalue weighted by Gasteiger charge is 2.15. The molecule has 1 N–H and O–H groups in total. The Morgan fingerprint density at radius 2 is 2.00 bits per heavy atom. The van der Waals surface area contributed by atoms with Gasteiger partial charge in [-0.1, -0.05) is 11.6 Å². The summed E-state index contributed by atoms with van der Waals surface area (Å²) in [5.74, 6) is 2.41. The largest absolute Gasteiger partial charge is 0.493 e. The molecule has 1 aromatic rings.